The van der Waals surface area contributed by atoms with E-state index in [1.54, 1.807) is 0 Å². The van der Waals surface area contributed by atoms with E-state index in [0.29, 0.717) is 30.0 Å². The van der Waals surface area contributed by atoms with Crippen LogP contribution in [0.3, 0.4) is 0 Å². The van der Waals surface area contributed by atoms with Gasteiger partial charge in [0.15, 0.2) is 11.5 Å². The number of nitrogens with zero attached hydrogens (tertiary/aromatic N) is 1. The lowest BCUT2D eigenvalue weighted by molar-refractivity contribution is -0.0509. The van der Waals surface area contributed by atoms with Crippen molar-refractivity contribution in [3.8, 4) is 11.3 Å². The molecule has 2 aromatic rings. The molecule has 2 fully saturated rings. The Labute approximate surface area is 134 Å². The van der Waals surface area contributed by atoms with Crippen molar-refractivity contribution in [1.82, 2.24) is 4.90 Å². The van der Waals surface area contributed by atoms with Crippen molar-refractivity contribution in [1.29, 1.82) is 0 Å². The molecule has 0 bridgehead atoms. The zero-order valence-electron chi connectivity index (χ0n) is 13.1. The number of hydrogen-bond donors (Lipinski definition) is 0. The van der Waals surface area contributed by atoms with Gasteiger partial charge in [0.05, 0.1) is 19.8 Å². The van der Waals surface area contributed by atoms with Crippen LogP contribution in [0.25, 0.3) is 11.3 Å². The summed E-state index contributed by atoms with van der Waals surface area (Å²) in [6.07, 6.45) is 3.85. The molecule has 122 valence electrons. The summed E-state index contributed by atoms with van der Waals surface area (Å²) in [5.74, 6) is 1.24. The van der Waals surface area contributed by atoms with Crippen LogP contribution in [-0.2, 0) is 11.3 Å². The molecule has 0 N–H and O–H groups in total. The van der Waals surface area contributed by atoms with Gasteiger partial charge in [-0.15, -0.1) is 0 Å². The van der Waals surface area contributed by atoms with E-state index in [-0.39, 0.29) is 0 Å². The van der Waals surface area contributed by atoms with E-state index in [2.05, 4.69) is 4.90 Å². The molecule has 5 heteroatoms. The summed E-state index contributed by atoms with van der Waals surface area (Å²) in [5.41, 5.74) is 0.877. The fourth-order valence-electron chi connectivity index (χ4n) is 3.52. The van der Waals surface area contributed by atoms with E-state index in [0.717, 1.165) is 25.3 Å². The first-order chi connectivity index (χ1) is 11.3. The van der Waals surface area contributed by atoms with E-state index >= 15 is 0 Å². The van der Waals surface area contributed by atoms with Gasteiger partial charge in [0.25, 0.3) is 0 Å². The van der Waals surface area contributed by atoms with Crippen LogP contribution in [0.2, 0.25) is 0 Å². The van der Waals surface area contributed by atoms with E-state index in [9.17, 15) is 4.79 Å². The molecule has 0 radical (unpaired) electrons. The molecule has 0 amide bonds. The number of hydrogen-bond acceptors (Lipinski definition) is 5. The summed E-state index contributed by atoms with van der Waals surface area (Å²) < 4.78 is 16.3. The van der Waals surface area contributed by atoms with E-state index in [4.69, 9.17) is 13.6 Å². The first-order valence-electron chi connectivity index (χ1n) is 8.31. The van der Waals surface area contributed by atoms with E-state index in [1.807, 2.05) is 30.3 Å². The zero-order valence-corrected chi connectivity index (χ0v) is 13.1. The number of rotatable bonds is 4. The van der Waals surface area contributed by atoms with Gasteiger partial charge in [0.2, 0.25) is 0 Å². The minimum Gasteiger partial charge on any atom is -0.394 e. The van der Waals surface area contributed by atoms with Gasteiger partial charge in [-0.25, -0.2) is 4.79 Å². The van der Waals surface area contributed by atoms with Gasteiger partial charge in [-0.05, 0) is 18.8 Å². The highest BCUT2D eigenvalue weighted by Gasteiger charge is 2.35. The quantitative estimate of drug-likeness (QED) is 0.868. The highest BCUT2D eigenvalue weighted by molar-refractivity contribution is 5.58. The SMILES string of the molecule is O=c1oc(CN2CCOCC2C2CCC2)c(-c2ccccc2)o1. The predicted molar refractivity (Wildman–Crippen MR) is 85.0 cm³/mol. The van der Waals surface area contributed by atoms with Crippen molar-refractivity contribution in [3.05, 3.63) is 46.7 Å². The summed E-state index contributed by atoms with van der Waals surface area (Å²) in [6, 6.07) is 10.1. The fourth-order valence-corrected chi connectivity index (χ4v) is 3.52. The molecule has 1 aromatic carbocycles. The number of ether oxygens (including phenoxy) is 1. The number of morpholine rings is 1. The Morgan fingerprint density at radius 3 is 2.70 bits per heavy atom. The third-order valence-corrected chi connectivity index (χ3v) is 5.00. The zero-order chi connectivity index (χ0) is 15.6. The Kier molecular flexibility index (Phi) is 4.06. The molecule has 4 rings (SSSR count). The largest absolute Gasteiger partial charge is 0.519 e. The Balaban J connectivity index is 1.59. The molecular formula is C18H21NO4. The summed E-state index contributed by atoms with van der Waals surface area (Å²) in [4.78, 5) is 14.0. The average molecular weight is 315 g/mol. The smallest absolute Gasteiger partial charge is 0.394 e. The summed E-state index contributed by atoms with van der Waals surface area (Å²) >= 11 is 0. The minimum atomic E-state index is -0.632. The lowest BCUT2D eigenvalue weighted by Crippen LogP contribution is -2.50. The topological polar surface area (TPSA) is 55.8 Å². The molecule has 1 saturated carbocycles. The maximum atomic E-state index is 11.6. The summed E-state index contributed by atoms with van der Waals surface area (Å²) in [6.45, 7) is 2.96. The van der Waals surface area contributed by atoms with Gasteiger partial charge < -0.3 is 13.6 Å². The second-order valence-corrected chi connectivity index (χ2v) is 6.38. The molecule has 5 nitrogen and oxygen atoms in total. The highest BCUT2D eigenvalue weighted by Crippen LogP contribution is 2.35. The maximum absolute atomic E-state index is 11.6. The lowest BCUT2D eigenvalue weighted by Gasteiger charge is -2.43. The van der Waals surface area contributed by atoms with Gasteiger partial charge >= 0.3 is 5.82 Å². The Morgan fingerprint density at radius 2 is 1.96 bits per heavy atom. The normalized spacial score (nSPS) is 22.9. The lowest BCUT2D eigenvalue weighted by atomic mass is 9.79. The van der Waals surface area contributed by atoms with Gasteiger partial charge in [-0.2, -0.15) is 0 Å². The van der Waals surface area contributed by atoms with Crippen LogP contribution in [0.1, 0.15) is 25.0 Å². The summed E-state index contributed by atoms with van der Waals surface area (Å²) in [7, 11) is 0. The molecule has 23 heavy (non-hydrogen) atoms. The van der Waals surface area contributed by atoms with Crippen molar-refractivity contribution >= 4 is 0 Å². The van der Waals surface area contributed by atoms with Gasteiger partial charge in [0, 0.05) is 18.2 Å². The maximum Gasteiger partial charge on any atom is 0.519 e. The Morgan fingerprint density at radius 1 is 1.13 bits per heavy atom. The van der Waals surface area contributed by atoms with Crippen molar-refractivity contribution in [2.75, 3.05) is 19.8 Å². The standard InChI is InChI=1S/C18H21NO4/c20-18-22-16(17(23-18)14-5-2-1-3-6-14)11-19-9-10-21-12-15(19)13-7-4-8-13/h1-3,5-6,13,15H,4,7-12H2. The van der Waals surface area contributed by atoms with Crippen molar-refractivity contribution in [2.24, 2.45) is 5.92 Å². The van der Waals surface area contributed by atoms with E-state index < -0.39 is 5.82 Å². The molecule has 1 unspecified atom stereocenters. The average Bonchev–Trinajstić information content (AvgIpc) is 2.89. The first kappa shape index (κ1) is 14.7. The highest BCUT2D eigenvalue weighted by atomic mass is 16.6. The summed E-state index contributed by atoms with van der Waals surface area (Å²) in [5, 5.41) is 0. The minimum absolute atomic E-state index is 0.418. The molecule has 1 aliphatic carbocycles. The van der Waals surface area contributed by atoms with Crippen LogP contribution in [0, 0.1) is 5.92 Å². The van der Waals surface area contributed by atoms with Crippen LogP contribution in [0.4, 0.5) is 0 Å². The second-order valence-electron chi connectivity index (χ2n) is 6.38. The van der Waals surface area contributed by atoms with Gasteiger partial charge in [0.1, 0.15) is 0 Å². The third-order valence-electron chi connectivity index (χ3n) is 5.00. The molecule has 2 heterocycles. The third kappa shape index (κ3) is 2.99. The molecule has 1 aromatic heterocycles. The van der Waals surface area contributed by atoms with Crippen molar-refractivity contribution < 1.29 is 13.6 Å². The van der Waals surface area contributed by atoms with Crippen molar-refractivity contribution in [3.63, 3.8) is 0 Å². The van der Waals surface area contributed by atoms with Crippen LogP contribution in [-0.4, -0.2) is 30.7 Å². The van der Waals surface area contributed by atoms with Crippen LogP contribution >= 0.6 is 0 Å². The molecule has 2 aliphatic rings. The molecular weight excluding hydrogens is 294 g/mol. The molecule has 0 spiro atoms. The first-order valence-corrected chi connectivity index (χ1v) is 8.31. The second kappa shape index (κ2) is 6.34. The fraction of sp³-hybridized carbons (Fsp3) is 0.500. The molecule has 1 atom stereocenters. The van der Waals surface area contributed by atoms with Gasteiger partial charge in [-0.3, -0.25) is 4.90 Å². The predicted octanol–water partition coefficient (Wildman–Crippen LogP) is 2.90. The van der Waals surface area contributed by atoms with Crippen LogP contribution in [0.15, 0.2) is 44.0 Å². The monoisotopic (exact) mass is 315 g/mol. The van der Waals surface area contributed by atoms with Crippen molar-refractivity contribution in [2.45, 2.75) is 31.8 Å². The Bertz CT molecular complexity index is 701. The van der Waals surface area contributed by atoms with Gasteiger partial charge in [-0.1, -0.05) is 36.8 Å². The van der Waals surface area contributed by atoms with Crippen LogP contribution < -0.4 is 5.82 Å². The van der Waals surface area contributed by atoms with E-state index in [1.165, 1.54) is 19.3 Å². The van der Waals surface area contributed by atoms with Crippen LogP contribution in [0.5, 0.6) is 0 Å². The number of benzene rings is 1. The Hall–Kier alpha value is -1.85. The molecule has 1 aliphatic heterocycles. The molecule has 1 saturated heterocycles.